The van der Waals surface area contributed by atoms with E-state index in [4.69, 9.17) is 4.74 Å². The van der Waals surface area contributed by atoms with Crippen molar-refractivity contribution in [2.75, 3.05) is 19.7 Å². The smallest absolute Gasteiger partial charge is 0.127 e. The highest BCUT2D eigenvalue weighted by atomic mass is 16.5. The van der Waals surface area contributed by atoms with Gasteiger partial charge in [0.1, 0.15) is 12.4 Å². The molecule has 0 amide bonds. The molecule has 3 rings (SSSR count). The molecule has 0 aromatic heterocycles. The maximum Gasteiger partial charge on any atom is 0.127 e. The van der Waals surface area contributed by atoms with Crippen LogP contribution in [0, 0.1) is 0 Å². The van der Waals surface area contributed by atoms with Gasteiger partial charge in [-0.2, -0.15) is 0 Å². The molecule has 0 spiro atoms. The Morgan fingerprint density at radius 3 is 2.14 bits per heavy atom. The van der Waals surface area contributed by atoms with Gasteiger partial charge in [0.15, 0.2) is 0 Å². The number of rotatable bonds is 10. The van der Waals surface area contributed by atoms with Crippen molar-refractivity contribution < 1.29 is 4.74 Å². The van der Waals surface area contributed by atoms with Crippen molar-refractivity contribution in [3.05, 3.63) is 114 Å². The van der Waals surface area contributed by atoms with Crippen molar-refractivity contribution in [3.8, 4) is 5.75 Å². The Morgan fingerprint density at radius 1 is 0.862 bits per heavy atom. The average Bonchev–Trinajstić information content (AvgIpc) is 2.79. The van der Waals surface area contributed by atoms with Crippen molar-refractivity contribution in [2.24, 2.45) is 0 Å². The number of allylic oxidation sites excluding steroid dienone is 1. The van der Waals surface area contributed by atoms with Crippen LogP contribution in [0.25, 0.3) is 11.1 Å². The summed E-state index contributed by atoms with van der Waals surface area (Å²) in [5.41, 5.74) is 6.13. The fraction of sp³-hybridized carbons (Fsp3) is 0.185. The number of hydrogen-bond acceptors (Lipinski definition) is 2. The molecule has 3 aromatic rings. The molecule has 0 atom stereocenters. The van der Waals surface area contributed by atoms with Gasteiger partial charge in [-0.15, -0.1) is 6.58 Å². The van der Waals surface area contributed by atoms with Crippen molar-refractivity contribution in [1.29, 1.82) is 0 Å². The number of hydrogen-bond donors (Lipinski definition) is 1. The van der Waals surface area contributed by atoms with Gasteiger partial charge in [-0.25, -0.2) is 0 Å². The van der Waals surface area contributed by atoms with E-state index in [0.717, 1.165) is 30.8 Å². The number of nitrogens with one attached hydrogen (secondary N) is 1. The highest BCUT2D eigenvalue weighted by molar-refractivity contribution is 5.99. The molecule has 0 bridgehead atoms. The number of ether oxygens (including phenoxy) is 1. The Kier molecular flexibility index (Phi) is 7.85. The van der Waals surface area contributed by atoms with E-state index < -0.39 is 0 Å². The first-order valence-electron chi connectivity index (χ1n) is 10.2. The molecule has 0 unspecified atom stereocenters. The first-order chi connectivity index (χ1) is 14.3. The van der Waals surface area contributed by atoms with Crippen LogP contribution in [0.3, 0.4) is 0 Å². The van der Waals surface area contributed by atoms with E-state index in [-0.39, 0.29) is 0 Å². The van der Waals surface area contributed by atoms with E-state index in [1.54, 1.807) is 0 Å². The second-order valence-electron chi connectivity index (χ2n) is 6.78. The zero-order valence-electron chi connectivity index (χ0n) is 17.1. The first-order valence-corrected chi connectivity index (χ1v) is 10.2. The quantitative estimate of drug-likeness (QED) is 0.255. The van der Waals surface area contributed by atoms with E-state index in [0.29, 0.717) is 6.61 Å². The van der Waals surface area contributed by atoms with Crippen LogP contribution in [-0.4, -0.2) is 19.7 Å². The Labute approximate surface area is 174 Å². The monoisotopic (exact) mass is 383 g/mol. The lowest BCUT2D eigenvalue weighted by Gasteiger charge is -2.19. The van der Waals surface area contributed by atoms with Crippen LogP contribution in [0.4, 0.5) is 0 Å². The molecule has 0 aliphatic carbocycles. The molecule has 0 saturated carbocycles. The molecule has 0 radical (unpaired) electrons. The molecule has 2 nitrogen and oxygen atoms in total. The van der Waals surface area contributed by atoms with E-state index in [1.807, 2.05) is 12.1 Å². The van der Waals surface area contributed by atoms with Gasteiger partial charge < -0.3 is 10.1 Å². The molecule has 148 valence electrons. The molecular formula is C27H29NO. The maximum absolute atomic E-state index is 6.19. The molecule has 0 aliphatic heterocycles. The van der Waals surface area contributed by atoms with Crippen LogP contribution in [0.5, 0.6) is 5.75 Å². The van der Waals surface area contributed by atoms with Crippen molar-refractivity contribution in [3.63, 3.8) is 0 Å². The molecular weight excluding hydrogens is 354 g/mol. The Morgan fingerprint density at radius 2 is 1.48 bits per heavy atom. The van der Waals surface area contributed by atoms with Crippen molar-refractivity contribution in [1.82, 2.24) is 5.32 Å². The van der Waals surface area contributed by atoms with Gasteiger partial charge >= 0.3 is 0 Å². The number of benzene rings is 3. The lowest BCUT2D eigenvalue weighted by molar-refractivity contribution is 0.315. The van der Waals surface area contributed by atoms with Crippen LogP contribution in [0.2, 0.25) is 0 Å². The summed E-state index contributed by atoms with van der Waals surface area (Å²) in [6.07, 6.45) is 2.79. The third kappa shape index (κ3) is 5.46. The highest BCUT2D eigenvalue weighted by Gasteiger charge is 2.16. The SMILES string of the molecule is C=CCNCCOc1ccccc1C(=C(CC)c1ccccc1)c1ccccc1. The maximum atomic E-state index is 6.19. The second kappa shape index (κ2) is 11.0. The van der Waals surface area contributed by atoms with Crippen LogP contribution in [-0.2, 0) is 0 Å². The third-order valence-corrected chi connectivity index (χ3v) is 4.82. The van der Waals surface area contributed by atoms with Crippen molar-refractivity contribution in [2.45, 2.75) is 13.3 Å². The minimum atomic E-state index is 0.611. The van der Waals surface area contributed by atoms with Crippen LogP contribution < -0.4 is 10.1 Å². The van der Waals surface area contributed by atoms with Crippen molar-refractivity contribution >= 4 is 11.1 Å². The van der Waals surface area contributed by atoms with Gasteiger partial charge in [0.25, 0.3) is 0 Å². The van der Waals surface area contributed by atoms with Gasteiger partial charge in [-0.1, -0.05) is 91.9 Å². The van der Waals surface area contributed by atoms with Gasteiger partial charge in [-0.05, 0) is 34.8 Å². The predicted molar refractivity (Wildman–Crippen MR) is 124 cm³/mol. The summed E-state index contributed by atoms with van der Waals surface area (Å²) in [6, 6.07) is 29.6. The third-order valence-electron chi connectivity index (χ3n) is 4.82. The summed E-state index contributed by atoms with van der Waals surface area (Å²) < 4.78 is 6.19. The van der Waals surface area contributed by atoms with E-state index in [1.165, 1.54) is 22.3 Å². The normalized spacial score (nSPS) is 11.6. The van der Waals surface area contributed by atoms with Crippen LogP contribution in [0.15, 0.2) is 97.6 Å². The lowest BCUT2D eigenvalue weighted by Crippen LogP contribution is -2.21. The molecule has 2 heteroatoms. The molecule has 0 fully saturated rings. The fourth-order valence-corrected chi connectivity index (χ4v) is 3.50. The largest absolute Gasteiger partial charge is 0.492 e. The van der Waals surface area contributed by atoms with Crippen LogP contribution >= 0.6 is 0 Å². The molecule has 0 aliphatic rings. The zero-order valence-corrected chi connectivity index (χ0v) is 17.1. The zero-order chi connectivity index (χ0) is 20.3. The minimum absolute atomic E-state index is 0.611. The summed E-state index contributed by atoms with van der Waals surface area (Å²) in [7, 11) is 0. The molecule has 0 heterocycles. The first kappa shape index (κ1) is 20.6. The summed E-state index contributed by atoms with van der Waals surface area (Å²) in [5.74, 6) is 0.911. The van der Waals surface area contributed by atoms with E-state index in [9.17, 15) is 0 Å². The predicted octanol–water partition coefficient (Wildman–Crippen LogP) is 6.21. The topological polar surface area (TPSA) is 21.3 Å². The average molecular weight is 384 g/mol. The van der Waals surface area contributed by atoms with Gasteiger partial charge in [0, 0.05) is 18.7 Å². The molecule has 0 saturated heterocycles. The number of para-hydroxylation sites is 1. The Hall–Kier alpha value is -3.10. The molecule has 29 heavy (non-hydrogen) atoms. The summed E-state index contributed by atoms with van der Waals surface area (Å²) in [6.45, 7) is 8.13. The van der Waals surface area contributed by atoms with E-state index >= 15 is 0 Å². The van der Waals surface area contributed by atoms with E-state index in [2.05, 4.69) is 97.7 Å². The molecule has 1 N–H and O–H groups in total. The Bertz CT molecular complexity index is 929. The van der Waals surface area contributed by atoms with Gasteiger partial charge in [-0.3, -0.25) is 0 Å². The summed E-state index contributed by atoms with van der Waals surface area (Å²) in [5, 5.41) is 3.29. The highest BCUT2D eigenvalue weighted by Crippen LogP contribution is 2.38. The summed E-state index contributed by atoms with van der Waals surface area (Å²) >= 11 is 0. The Balaban J connectivity index is 2.07. The minimum Gasteiger partial charge on any atom is -0.492 e. The second-order valence-corrected chi connectivity index (χ2v) is 6.78. The summed E-state index contributed by atoms with van der Waals surface area (Å²) in [4.78, 5) is 0. The van der Waals surface area contributed by atoms with Gasteiger partial charge in [0.05, 0.1) is 0 Å². The van der Waals surface area contributed by atoms with Gasteiger partial charge in [0.2, 0.25) is 0 Å². The standard InChI is InChI=1S/C27H29NO/c1-3-19-28-20-21-29-26-18-12-11-17-25(26)27(23-15-9-6-10-16-23)24(4-2)22-13-7-5-8-14-22/h3,5-18,28H,1,4,19-21H2,2H3. The lowest BCUT2D eigenvalue weighted by atomic mass is 9.88. The fourth-order valence-electron chi connectivity index (χ4n) is 3.50. The van der Waals surface area contributed by atoms with Crippen LogP contribution in [0.1, 0.15) is 30.0 Å². The molecule has 3 aromatic carbocycles.